The van der Waals surface area contributed by atoms with Gasteiger partial charge in [-0.15, -0.1) is 0 Å². The number of hydrogen-bond acceptors (Lipinski definition) is 3. The van der Waals surface area contributed by atoms with Crippen molar-refractivity contribution >= 4 is 11.6 Å². The minimum Gasteiger partial charge on any atom is -0.489 e. The fourth-order valence-corrected chi connectivity index (χ4v) is 2.22. The van der Waals surface area contributed by atoms with Crippen LogP contribution in [-0.4, -0.2) is 18.6 Å². The van der Waals surface area contributed by atoms with Gasteiger partial charge in [0.25, 0.3) is 5.91 Å². The van der Waals surface area contributed by atoms with Crippen LogP contribution in [0, 0.1) is 6.92 Å². The van der Waals surface area contributed by atoms with Gasteiger partial charge in [0.1, 0.15) is 18.1 Å². The summed E-state index contributed by atoms with van der Waals surface area (Å²) in [5.74, 6) is 1.19. The van der Waals surface area contributed by atoms with Crippen molar-refractivity contribution in [2.24, 2.45) is 0 Å². The van der Waals surface area contributed by atoms with Crippen molar-refractivity contribution in [3.63, 3.8) is 0 Å². The quantitative estimate of drug-likeness (QED) is 0.734. The molecule has 0 aliphatic heterocycles. The second kappa shape index (κ2) is 8.77. The summed E-state index contributed by atoms with van der Waals surface area (Å²) < 4.78 is 11.3. The summed E-state index contributed by atoms with van der Waals surface area (Å²) in [6.45, 7) is 7.95. The molecule has 1 atom stereocenters. The fourth-order valence-electron chi connectivity index (χ4n) is 2.22. The zero-order chi connectivity index (χ0) is 17.4. The molecular formula is C20H23NO3. The van der Waals surface area contributed by atoms with Gasteiger partial charge < -0.3 is 14.8 Å². The molecule has 0 bridgehead atoms. The average Bonchev–Trinajstić information content (AvgIpc) is 2.58. The summed E-state index contributed by atoms with van der Waals surface area (Å²) in [5.41, 5.74) is 1.77. The van der Waals surface area contributed by atoms with Crippen LogP contribution in [0.1, 0.15) is 18.9 Å². The van der Waals surface area contributed by atoms with Gasteiger partial charge in [-0.25, -0.2) is 0 Å². The molecule has 0 aliphatic carbocycles. The number of benzene rings is 2. The summed E-state index contributed by atoms with van der Waals surface area (Å²) in [6, 6.07) is 14.9. The van der Waals surface area contributed by atoms with Crippen LogP contribution in [0.2, 0.25) is 0 Å². The van der Waals surface area contributed by atoms with Gasteiger partial charge in [0.2, 0.25) is 0 Å². The van der Waals surface area contributed by atoms with E-state index in [1.807, 2.05) is 56.3 Å². The van der Waals surface area contributed by atoms with Crippen molar-refractivity contribution in [1.82, 2.24) is 0 Å². The second-order valence-electron chi connectivity index (χ2n) is 5.45. The molecule has 1 N–H and O–H groups in total. The van der Waals surface area contributed by atoms with Gasteiger partial charge in [-0.2, -0.15) is 0 Å². The molecule has 0 saturated heterocycles. The van der Waals surface area contributed by atoms with Crippen LogP contribution in [0.5, 0.6) is 11.5 Å². The Morgan fingerprint density at radius 1 is 1.21 bits per heavy atom. The highest BCUT2D eigenvalue weighted by atomic mass is 16.5. The van der Waals surface area contributed by atoms with E-state index in [0.717, 1.165) is 5.56 Å². The molecule has 0 spiro atoms. The van der Waals surface area contributed by atoms with Crippen molar-refractivity contribution in [3.8, 4) is 11.5 Å². The van der Waals surface area contributed by atoms with Crippen LogP contribution in [0.3, 0.4) is 0 Å². The first-order chi connectivity index (χ1) is 11.6. The third kappa shape index (κ3) is 5.16. The van der Waals surface area contributed by atoms with Gasteiger partial charge in [-0.1, -0.05) is 37.8 Å². The molecule has 2 aromatic carbocycles. The fraction of sp³-hybridized carbons (Fsp3) is 0.250. The Kier molecular flexibility index (Phi) is 6.43. The molecule has 126 valence electrons. The van der Waals surface area contributed by atoms with Gasteiger partial charge in [-0.05, 0) is 43.2 Å². The van der Waals surface area contributed by atoms with Crippen molar-refractivity contribution in [2.75, 3.05) is 11.9 Å². The zero-order valence-electron chi connectivity index (χ0n) is 14.1. The number of aryl methyl sites for hydroxylation is 1. The Morgan fingerprint density at radius 3 is 2.67 bits per heavy atom. The van der Waals surface area contributed by atoms with Crippen molar-refractivity contribution in [3.05, 3.63) is 66.7 Å². The van der Waals surface area contributed by atoms with Crippen LogP contribution >= 0.6 is 0 Å². The molecule has 0 fully saturated rings. The minimum atomic E-state index is -0.551. The molecule has 2 rings (SSSR count). The molecular weight excluding hydrogens is 302 g/mol. The van der Waals surface area contributed by atoms with E-state index < -0.39 is 6.10 Å². The maximum Gasteiger partial charge on any atom is 0.265 e. The Hall–Kier alpha value is -2.75. The molecule has 0 heterocycles. The van der Waals surface area contributed by atoms with E-state index in [0.29, 0.717) is 30.2 Å². The first kappa shape index (κ1) is 17.6. The minimum absolute atomic E-state index is 0.181. The van der Waals surface area contributed by atoms with E-state index in [-0.39, 0.29) is 5.91 Å². The summed E-state index contributed by atoms with van der Waals surface area (Å²) in [7, 11) is 0. The van der Waals surface area contributed by atoms with Crippen molar-refractivity contribution in [1.29, 1.82) is 0 Å². The molecule has 2 aromatic rings. The average molecular weight is 325 g/mol. The highest BCUT2D eigenvalue weighted by Gasteiger charge is 2.18. The van der Waals surface area contributed by atoms with Gasteiger partial charge in [-0.3, -0.25) is 4.79 Å². The lowest BCUT2D eigenvalue weighted by Crippen LogP contribution is -2.32. The van der Waals surface area contributed by atoms with Crippen LogP contribution in [0.4, 0.5) is 5.69 Å². The van der Waals surface area contributed by atoms with E-state index in [2.05, 4.69) is 11.9 Å². The number of hydrogen-bond donors (Lipinski definition) is 1. The summed E-state index contributed by atoms with van der Waals surface area (Å²) in [6.07, 6.45) is 1.70. The molecule has 0 unspecified atom stereocenters. The number of nitrogens with one attached hydrogen (secondary N) is 1. The molecule has 0 saturated carbocycles. The van der Waals surface area contributed by atoms with Gasteiger partial charge in [0, 0.05) is 11.8 Å². The summed E-state index contributed by atoms with van der Waals surface area (Å²) in [5, 5.41) is 2.87. The highest BCUT2D eigenvalue weighted by molar-refractivity contribution is 5.94. The van der Waals surface area contributed by atoms with Crippen molar-refractivity contribution < 1.29 is 14.3 Å². The van der Waals surface area contributed by atoms with E-state index in [1.165, 1.54) is 0 Å². The van der Waals surface area contributed by atoms with E-state index in [4.69, 9.17) is 9.47 Å². The summed E-state index contributed by atoms with van der Waals surface area (Å²) in [4.78, 5) is 12.5. The molecule has 4 heteroatoms. The first-order valence-electron chi connectivity index (χ1n) is 8.00. The van der Waals surface area contributed by atoms with Gasteiger partial charge in [0.05, 0.1) is 0 Å². The predicted molar refractivity (Wildman–Crippen MR) is 96.6 cm³/mol. The molecule has 1 amide bonds. The maximum atomic E-state index is 12.5. The van der Waals surface area contributed by atoms with E-state index in [9.17, 15) is 4.79 Å². The van der Waals surface area contributed by atoms with Crippen LogP contribution < -0.4 is 14.8 Å². The third-order valence-electron chi connectivity index (χ3n) is 3.40. The Bertz CT molecular complexity index is 697. The number of ether oxygens (including phenoxy) is 2. The van der Waals surface area contributed by atoms with E-state index in [1.54, 1.807) is 12.1 Å². The smallest absolute Gasteiger partial charge is 0.265 e. The molecule has 0 aliphatic rings. The summed E-state index contributed by atoms with van der Waals surface area (Å²) >= 11 is 0. The topological polar surface area (TPSA) is 47.6 Å². The lowest BCUT2D eigenvalue weighted by Gasteiger charge is -2.18. The Morgan fingerprint density at radius 2 is 1.96 bits per heavy atom. The standard InChI is InChI=1S/C20H23NO3/c1-4-12-23-17-10-7-9-16(14-17)21-20(22)19(5-2)24-18-11-6-8-15(3)13-18/h4,6-11,13-14,19H,1,5,12H2,2-3H3,(H,21,22)/t19-/m0/s1. The highest BCUT2D eigenvalue weighted by Crippen LogP contribution is 2.19. The van der Waals surface area contributed by atoms with Crippen molar-refractivity contribution in [2.45, 2.75) is 26.4 Å². The third-order valence-corrected chi connectivity index (χ3v) is 3.40. The largest absolute Gasteiger partial charge is 0.489 e. The molecule has 0 radical (unpaired) electrons. The van der Waals surface area contributed by atoms with Crippen LogP contribution in [-0.2, 0) is 4.79 Å². The Labute approximate surface area is 143 Å². The van der Waals surface area contributed by atoms with Crippen LogP contribution in [0.25, 0.3) is 0 Å². The number of anilines is 1. The number of amides is 1. The molecule has 0 aromatic heterocycles. The second-order valence-corrected chi connectivity index (χ2v) is 5.45. The normalized spacial score (nSPS) is 11.4. The predicted octanol–water partition coefficient (Wildman–Crippen LogP) is 4.36. The monoisotopic (exact) mass is 325 g/mol. The molecule has 4 nitrogen and oxygen atoms in total. The van der Waals surface area contributed by atoms with Gasteiger partial charge in [0.15, 0.2) is 6.10 Å². The molecule has 24 heavy (non-hydrogen) atoms. The maximum absolute atomic E-state index is 12.5. The van der Waals surface area contributed by atoms with Crippen LogP contribution in [0.15, 0.2) is 61.2 Å². The SMILES string of the molecule is C=CCOc1cccc(NC(=O)[C@H](CC)Oc2cccc(C)c2)c1. The number of carbonyl (C=O) groups is 1. The number of carbonyl (C=O) groups excluding carboxylic acids is 1. The lowest BCUT2D eigenvalue weighted by atomic mass is 10.2. The lowest BCUT2D eigenvalue weighted by molar-refractivity contribution is -0.122. The zero-order valence-corrected chi connectivity index (χ0v) is 14.1. The first-order valence-corrected chi connectivity index (χ1v) is 8.00. The van der Waals surface area contributed by atoms with Gasteiger partial charge >= 0.3 is 0 Å². The Balaban J connectivity index is 2.02. The van der Waals surface area contributed by atoms with E-state index >= 15 is 0 Å². The number of rotatable bonds is 8.